The summed E-state index contributed by atoms with van der Waals surface area (Å²) in [4.78, 5) is 32.7. The van der Waals surface area contributed by atoms with Gasteiger partial charge >= 0.3 is 0 Å². The Morgan fingerprint density at radius 2 is 1.37 bits per heavy atom. The van der Waals surface area contributed by atoms with E-state index in [-0.39, 0.29) is 0 Å². The molecule has 10 nitrogen and oxygen atoms in total. The first-order valence-corrected chi connectivity index (χ1v) is 24.7. The van der Waals surface area contributed by atoms with Crippen molar-refractivity contribution in [3.8, 4) is 0 Å². The molecule has 0 atom stereocenters. The number of hydrogen-bond donors (Lipinski definition) is 2. The third-order valence-electron chi connectivity index (χ3n) is 11.0. The molecule has 0 amide bonds. The average Bonchev–Trinajstić information content (AvgIpc) is 4.23. The van der Waals surface area contributed by atoms with Gasteiger partial charge in [0.05, 0.1) is 43.5 Å². The number of thiazole rings is 1. The Morgan fingerprint density at radius 3 is 2.21 bits per heavy atom. The molecule has 14 rings (SSSR count). The number of hydrogen-bond acceptors (Lipinski definition) is 9. The lowest BCUT2D eigenvalue weighted by molar-refractivity contribution is -0.510. The molecule has 350 valence electrons. The minimum absolute atomic E-state index is 0.861. The van der Waals surface area contributed by atoms with Gasteiger partial charge in [-0.1, -0.05) is 29.8 Å². The van der Waals surface area contributed by atoms with Crippen molar-refractivity contribution in [2.24, 2.45) is 4.99 Å². The number of fused-ring (bicyclic) bond motifs is 7. The van der Waals surface area contributed by atoms with Crippen LogP contribution in [-0.2, 0) is 12.8 Å². The smallest absolute Gasteiger partial charge is 0.284 e. The number of nitrogens with zero attached hydrogens (tertiary/aromatic N) is 7. The van der Waals surface area contributed by atoms with Gasteiger partial charge in [0.15, 0.2) is 5.58 Å². The monoisotopic (exact) mass is 958 g/mol. The molecule has 0 bridgehead atoms. The van der Waals surface area contributed by atoms with Gasteiger partial charge in [-0.2, -0.15) is 0 Å². The quantitative estimate of drug-likeness (QED) is 0.146. The van der Waals surface area contributed by atoms with E-state index in [0.717, 1.165) is 63.4 Å². The summed E-state index contributed by atoms with van der Waals surface area (Å²) < 4.78 is 9.90. The van der Waals surface area contributed by atoms with Gasteiger partial charge in [-0.25, -0.2) is 19.4 Å². The van der Waals surface area contributed by atoms with Gasteiger partial charge < -0.3 is 9.40 Å². The molecule has 0 saturated heterocycles. The number of nitrogens with one attached hydrogen (secondary N) is 2. The zero-order valence-corrected chi connectivity index (χ0v) is 42.1. The highest BCUT2D eigenvalue weighted by atomic mass is 32.1. The number of pyridine rings is 5. The van der Waals surface area contributed by atoms with Crippen molar-refractivity contribution in [2.75, 3.05) is 0 Å². The number of aryl methyl sites for hydroxylation is 6. The molecule has 0 saturated carbocycles. The molecule has 0 radical (unpaired) electrons. The molecule has 12 aromatic rings. The molecule has 0 spiro atoms. The van der Waals surface area contributed by atoms with E-state index in [1.165, 1.54) is 58.6 Å². The van der Waals surface area contributed by atoms with E-state index in [9.17, 15) is 0 Å². The predicted octanol–water partition coefficient (Wildman–Crippen LogP) is 14.6. The molecule has 2 N–H and O–H groups in total. The summed E-state index contributed by atoms with van der Waals surface area (Å²) in [5.41, 5.74) is 19.5. The van der Waals surface area contributed by atoms with Crippen LogP contribution in [0.5, 0.6) is 0 Å². The first-order chi connectivity index (χ1) is 34.0. The number of furan rings is 1. The number of allylic oxidation sites excluding steroid dienone is 1. The van der Waals surface area contributed by atoms with Crippen LogP contribution in [-0.4, -0.2) is 41.1 Å². The first kappa shape index (κ1) is 48.5. The van der Waals surface area contributed by atoms with Gasteiger partial charge in [0.25, 0.3) is 5.65 Å². The van der Waals surface area contributed by atoms with Crippen molar-refractivity contribution in [1.29, 1.82) is 0 Å². The van der Waals surface area contributed by atoms with Gasteiger partial charge in [-0.3, -0.25) is 19.9 Å². The second kappa shape index (κ2) is 23.4. The Labute approximate surface area is 416 Å². The van der Waals surface area contributed by atoms with Crippen LogP contribution in [0.4, 0.5) is 5.69 Å². The molecular formula is C58H56N9OS2+. The summed E-state index contributed by atoms with van der Waals surface area (Å²) in [5, 5.41) is 1.18. The fourth-order valence-electron chi connectivity index (χ4n) is 7.59. The van der Waals surface area contributed by atoms with E-state index in [2.05, 4.69) is 153 Å². The number of aliphatic imine (C=N–C) groups is 1. The minimum Gasteiger partial charge on any atom is -0.460 e. The summed E-state index contributed by atoms with van der Waals surface area (Å²) >= 11 is 3.47. The highest BCUT2D eigenvalue weighted by Gasteiger charge is 2.08. The summed E-state index contributed by atoms with van der Waals surface area (Å²) in [6.07, 6.45) is 21.4. The molecule has 2 aromatic carbocycles. The molecule has 1 aliphatic heterocycles. The zero-order valence-electron chi connectivity index (χ0n) is 40.5. The largest absolute Gasteiger partial charge is 0.460 e. The van der Waals surface area contributed by atoms with E-state index in [1.54, 1.807) is 28.9 Å². The zero-order chi connectivity index (χ0) is 48.8. The van der Waals surface area contributed by atoms with E-state index in [4.69, 9.17) is 4.42 Å². The average molecular weight is 959 g/mol. The summed E-state index contributed by atoms with van der Waals surface area (Å²) in [6, 6.07) is 37.1. The first-order valence-electron chi connectivity index (χ1n) is 23.0. The Morgan fingerprint density at radius 1 is 0.600 bits per heavy atom. The van der Waals surface area contributed by atoms with Crippen molar-refractivity contribution in [3.05, 3.63) is 220 Å². The van der Waals surface area contributed by atoms with Gasteiger partial charge in [0.1, 0.15) is 29.3 Å². The SMILES string of the molecule is CC1=Cc2ncccc2C1.Cc1cc2ncccc2o1.Cc1cc2ncccc2s1.Cc1cc[n+]2cc[nH]c2c1.Cc1ccc2c(c1)N=CC2.Cc1ccc2scnc2c1.Cc1cnc2[nH]ccc2c1. The number of benzene rings is 2. The van der Waals surface area contributed by atoms with Crippen LogP contribution in [0.2, 0.25) is 0 Å². The van der Waals surface area contributed by atoms with Crippen LogP contribution in [0.1, 0.15) is 56.6 Å². The van der Waals surface area contributed by atoms with Crippen molar-refractivity contribution in [3.63, 3.8) is 0 Å². The normalized spacial score (nSPS) is 11.6. The molecule has 70 heavy (non-hydrogen) atoms. The highest BCUT2D eigenvalue weighted by molar-refractivity contribution is 7.18. The van der Waals surface area contributed by atoms with Crippen molar-refractivity contribution in [1.82, 2.24) is 34.9 Å². The number of H-pyrrole nitrogens is 2. The third-order valence-corrected chi connectivity index (χ3v) is 12.8. The predicted molar refractivity (Wildman–Crippen MR) is 292 cm³/mol. The van der Waals surface area contributed by atoms with E-state index in [0.29, 0.717) is 0 Å². The minimum atomic E-state index is 0.861. The Hall–Kier alpha value is -7.93. The van der Waals surface area contributed by atoms with Gasteiger partial charge in [0, 0.05) is 66.0 Å². The van der Waals surface area contributed by atoms with Crippen molar-refractivity contribution < 1.29 is 8.82 Å². The lowest BCUT2D eigenvalue weighted by Gasteiger charge is -1.96. The Bertz CT molecular complexity index is 3380. The van der Waals surface area contributed by atoms with Gasteiger partial charge in [-0.15, -0.1) is 22.7 Å². The van der Waals surface area contributed by atoms with Crippen LogP contribution < -0.4 is 4.40 Å². The fourth-order valence-corrected chi connectivity index (χ4v) is 9.13. The van der Waals surface area contributed by atoms with Gasteiger partial charge in [0.2, 0.25) is 0 Å². The van der Waals surface area contributed by atoms with Crippen LogP contribution in [0.15, 0.2) is 179 Å². The third kappa shape index (κ3) is 13.4. The molecule has 2 aliphatic rings. The van der Waals surface area contributed by atoms with Crippen LogP contribution in [0, 0.1) is 41.5 Å². The van der Waals surface area contributed by atoms with Crippen LogP contribution >= 0.6 is 22.7 Å². The maximum Gasteiger partial charge on any atom is 0.284 e. The van der Waals surface area contributed by atoms with E-state index < -0.39 is 0 Å². The van der Waals surface area contributed by atoms with Crippen molar-refractivity contribution in [2.45, 2.75) is 61.3 Å². The standard InChI is InChI=1S/2C9H9N.2C8H8N2.C8H7NO.2C8H7NS/c1-7-2-3-8-4-5-10-9(8)6-7;1-7-5-8-3-2-4-10-9(8)6-7;1-7-2-4-10-5-3-9-8(10)6-7;1-6-4-7-2-3-9-8(7)10-5-6;1-6-5-7-8(10-6)3-2-4-9-7;1-6-2-3-8-7(4-6)9-5-10-8;1-6-5-7-8(10-6)3-2-4-9-7/h2-3,5-6H,4H2,1H3;2-4,6H,5H2,1H3;2-6H,1H3;2-5H,1H3,(H,9,10);3*2-5H,1H3/p+1. The molecule has 0 unspecified atom stereocenters. The molecule has 11 heterocycles. The maximum atomic E-state index is 5.31. The highest BCUT2D eigenvalue weighted by Crippen LogP contribution is 2.25. The number of thiophene rings is 1. The molecule has 10 aromatic heterocycles. The van der Waals surface area contributed by atoms with Crippen molar-refractivity contribution >= 4 is 88.9 Å². The lowest BCUT2D eigenvalue weighted by atomic mass is 10.1. The number of imidazole rings is 1. The summed E-state index contributed by atoms with van der Waals surface area (Å²) in [7, 11) is 0. The maximum absolute atomic E-state index is 5.31. The topological polar surface area (TPSA) is 126 Å². The molecule has 1 aliphatic carbocycles. The number of aromatic amines is 2. The second-order valence-electron chi connectivity index (χ2n) is 17.1. The van der Waals surface area contributed by atoms with E-state index in [1.807, 2.05) is 110 Å². The fraction of sp³-hybridized carbons (Fsp3) is 0.155. The summed E-state index contributed by atoms with van der Waals surface area (Å²) in [5.74, 6) is 0.911. The Balaban J connectivity index is 0.000000110. The number of aromatic nitrogens is 8. The Kier molecular flexibility index (Phi) is 16.2. The van der Waals surface area contributed by atoms with E-state index >= 15 is 0 Å². The second-order valence-corrected chi connectivity index (χ2v) is 19.2. The van der Waals surface area contributed by atoms with Gasteiger partial charge in [-0.05, 0) is 167 Å². The number of rotatable bonds is 0. The summed E-state index contributed by atoms with van der Waals surface area (Å²) in [6.45, 7) is 14.5. The molecular weight excluding hydrogens is 903 g/mol. The van der Waals surface area contributed by atoms with Crippen LogP contribution in [0.3, 0.4) is 0 Å². The lowest BCUT2D eigenvalue weighted by Crippen LogP contribution is -2.16. The molecule has 0 fully saturated rings. The van der Waals surface area contributed by atoms with Crippen LogP contribution in [0.25, 0.3) is 54.3 Å². The molecule has 12 heteroatoms.